The van der Waals surface area contributed by atoms with E-state index in [0.29, 0.717) is 6.42 Å². The Morgan fingerprint density at radius 1 is 1.24 bits per heavy atom. The summed E-state index contributed by atoms with van der Waals surface area (Å²) in [5.41, 5.74) is 0. The number of hydrogen-bond acceptors (Lipinski definition) is 3. The quantitative estimate of drug-likeness (QED) is 0.236. The first-order chi connectivity index (χ1) is 7.81. The van der Waals surface area contributed by atoms with E-state index in [2.05, 4.69) is 24.7 Å². The van der Waals surface area contributed by atoms with Crippen LogP contribution in [0.15, 0.2) is 0 Å². The minimum absolute atomic E-state index is 0. The Labute approximate surface area is 111 Å². The number of carbonyl (C=O) groups is 1. The summed E-state index contributed by atoms with van der Waals surface area (Å²) in [6, 6.07) is 0. The molecule has 0 fully saturated rings. The first-order valence-corrected chi connectivity index (χ1v) is 3.89. The summed E-state index contributed by atoms with van der Waals surface area (Å²) in [7, 11) is 0. The predicted octanol–water partition coefficient (Wildman–Crippen LogP) is 0.713. The van der Waals surface area contributed by atoms with Crippen molar-refractivity contribution in [3.63, 3.8) is 0 Å². The summed E-state index contributed by atoms with van der Waals surface area (Å²) in [6.07, 6.45) is 2.78. The number of ether oxygens (including phenoxy) is 1. The Bertz CT molecular complexity index is 184. The van der Waals surface area contributed by atoms with Crippen molar-refractivity contribution in [2.75, 3.05) is 0 Å². The molecule has 0 N–H and O–H groups in total. The van der Waals surface area contributed by atoms with Crippen molar-refractivity contribution < 1.29 is 45.4 Å². The Hall–Kier alpha value is -1.12. The minimum Gasteiger partial charge on any atom is 2.00 e. The summed E-state index contributed by atoms with van der Waals surface area (Å²) in [4.78, 5) is 19.5. The molecule has 0 aromatic rings. The SMILES string of the molecule is CC(CCCC=O)O[C-]=O.[C-]#[O+].[C-]#[O+].[C-]#[O+].[Fe+2]. The fourth-order valence-corrected chi connectivity index (χ4v) is 0.630. The van der Waals surface area contributed by atoms with Gasteiger partial charge in [0.25, 0.3) is 0 Å². The van der Waals surface area contributed by atoms with E-state index in [0.717, 1.165) is 19.1 Å². The van der Waals surface area contributed by atoms with Gasteiger partial charge in [0.05, 0.1) is 6.10 Å². The van der Waals surface area contributed by atoms with E-state index in [1.807, 2.05) is 0 Å². The molecule has 94 valence electrons. The molecule has 1 unspecified atom stereocenters. The van der Waals surface area contributed by atoms with E-state index in [9.17, 15) is 9.59 Å². The third-order valence-corrected chi connectivity index (χ3v) is 1.18. The minimum atomic E-state index is -0.113. The third kappa shape index (κ3) is 52.2. The molecular weight excluding hydrogens is 272 g/mol. The van der Waals surface area contributed by atoms with E-state index in [1.54, 1.807) is 6.92 Å². The van der Waals surface area contributed by atoms with Crippen molar-refractivity contribution in [2.24, 2.45) is 0 Å². The maximum atomic E-state index is 9.83. The molecule has 0 aliphatic carbocycles. The molecule has 1 atom stereocenters. The molecule has 0 heterocycles. The molecule has 0 aliphatic heterocycles. The predicted molar refractivity (Wildman–Crippen MR) is 47.9 cm³/mol. The van der Waals surface area contributed by atoms with Crippen LogP contribution in [-0.2, 0) is 45.4 Å². The van der Waals surface area contributed by atoms with Crippen molar-refractivity contribution in [2.45, 2.75) is 32.3 Å². The zero-order chi connectivity index (χ0) is 13.8. The van der Waals surface area contributed by atoms with Crippen LogP contribution in [0.5, 0.6) is 0 Å². The first kappa shape index (κ1) is 29.7. The molecule has 0 spiro atoms. The van der Waals surface area contributed by atoms with Crippen molar-refractivity contribution in [3.05, 3.63) is 20.0 Å². The monoisotopic (exact) mass is 283 g/mol. The molecule has 0 aromatic carbocycles. The van der Waals surface area contributed by atoms with Crippen molar-refractivity contribution in [3.8, 4) is 0 Å². The summed E-state index contributed by atoms with van der Waals surface area (Å²) < 4.78 is 27.0. The Balaban J connectivity index is -0.0000000594. The molecule has 0 saturated carbocycles. The van der Waals surface area contributed by atoms with Crippen molar-refractivity contribution >= 4 is 12.8 Å². The maximum Gasteiger partial charge on any atom is 2.00 e. The van der Waals surface area contributed by atoms with Crippen molar-refractivity contribution in [1.29, 1.82) is 0 Å². The Morgan fingerprint density at radius 2 is 1.65 bits per heavy atom. The van der Waals surface area contributed by atoms with Crippen LogP contribution in [0, 0.1) is 20.0 Å². The normalized spacial score (nSPS) is 7.47. The van der Waals surface area contributed by atoms with E-state index in [-0.39, 0.29) is 23.2 Å². The van der Waals surface area contributed by atoms with E-state index in [4.69, 9.17) is 14.0 Å². The number of rotatable bonds is 6. The van der Waals surface area contributed by atoms with Gasteiger partial charge in [0, 0.05) is 6.42 Å². The molecular formula is C10H11FeO6+. The van der Waals surface area contributed by atoms with Gasteiger partial charge in [-0.3, -0.25) is 0 Å². The fourth-order valence-electron chi connectivity index (χ4n) is 0.630. The van der Waals surface area contributed by atoms with Gasteiger partial charge >= 0.3 is 51.0 Å². The second kappa shape index (κ2) is 46.2. The van der Waals surface area contributed by atoms with Gasteiger partial charge in [0.2, 0.25) is 0 Å². The number of aldehydes is 1. The molecule has 6 nitrogen and oxygen atoms in total. The van der Waals surface area contributed by atoms with Gasteiger partial charge in [0.15, 0.2) is 0 Å². The molecule has 0 amide bonds. The molecule has 17 heavy (non-hydrogen) atoms. The van der Waals surface area contributed by atoms with Crippen molar-refractivity contribution in [1.82, 2.24) is 0 Å². The van der Waals surface area contributed by atoms with Gasteiger partial charge in [-0.2, -0.15) is 0 Å². The van der Waals surface area contributed by atoms with Crippen LogP contribution in [0.1, 0.15) is 26.2 Å². The molecule has 0 aromatic heterocycles. The first-order valence-electron chi connectivity index (χ1n) is 3.89. The van der Waals surface area contributed by atoms with E-state index >= 15 is 0 Å². The average Bonchev–Trinajstić information content (AvgIpc) is 2.37. The maximum absolute atomic E-state index is 9.83. The van der Waals surface area contributed by atoms with Crippen LogP contribution >= 0.6 is 0 Å². The number of hydrogen-bond donors (Lipinski definition) is 0. The fraction of sp³-hybridized carbons (Fsp3) is 0.500. The van der Waals surface area contributed by atoms with Gasteiger partial charge in [0.1, 0.15) is 6.29 Å². The number of unbranched alkanes of at least 4 members (excludes halogenated alkanes) is 1. The Kier molecular flexibility index (Phi) is 80.7. The Morgan fingerprint density at radius 3 is 1.94 bits per heavy atom. The van der Waals surface area contributed by atoms with Gasteiger partial charge < -0.3 is 14.3 Å². The van der Waals surface area contributed by atoms with Crippen LogP contribution < -0.4 is 0 Å². The standard InChI is InChI=1S/C7H11O3.3CO.Fe/c1-7(10-6-9)4-2-3-5-8;3*1-2;/h5,7H,2-4H2,1H3;;;;/q-1;;;;+2. The molecule has 0 radical (unpaired) electrons. The third-order valence-electron chi connectivity index (χ3n) is 1.18. The molecule has 0 aliphatic rings. The van der Waals surface area contributed by atoms with Gasteiger partial charge in [-0.15, -0.1) is 0 Å². The van der Waals surface area contributed by atoms with E-state index in [1.165, 1.54) is 6.47 Å². The van der Waals surface area contributed by atoms with E-state index < -0.39 is 0 Å². The second-order valence-corrected chi connectivity index (χ2v) is 2.11. The summed E-state index contributed by atoms with van der Waals surface area (Å²) in [5, 5.41) is 0. The van der Waals surface area contributed by atoms with Crippen LogP contribution in [0.2, 0.25) is 0 Å². The zero-order valence-corrected chi connectivity index (χ0v) is 10.2. The van der Waals surface area contributed by atoms with Crippen LogP contribution in [0.25, 0.3) is 0 Å². The van der Waals surface area contributed by atoms with Crippen LogP contribution in [-0.4, -0.2) is 18.9 Å². The average molecular weight is 283 g/mol. The summed E-state index contributed by atoms with van der Waals surface area (Å²) in [5.74, 6) is 0. The number of carbonyl (C=O) groups excluding carboxylic acids is 2. The summed E-state index contributed by atoms with van der Waals surface area (Å²) in [6.45, 7) is 16.6. The van der Waals surface area contributed by atoms with Gasteiger partial charge in [-0.1, -0.05) is 6.47 Å². The van der Waals surface area contributed by atoms with Crippen LogP contribution in [0.4, 0.5) is 0 Å². The molecule has 0 rings (SSSR count). The van der Waals surface area contributed by atoms with Crippen LogP contribution in [0.3, 0.4) is 0 Å². The molecule has 0 saturated heterocycles. The largest absolute Gasteiger partial charge is 2.00 e. The molecule has 7 heteroatoms. The summed E-state index contributed by atoms with van der Waals surface area (Å²) >= 11 is 0. The zero-order valence-electron chi connectivity index (χ0n) is 9.08. The second-order valence-electron chi connectivity index (χ2n) is 2.11. The molecule has 0 bridgehead atoms. The van der Waals surface area contributed by atoms with Gasteiger partial charge in [-0.05, 0) is 19.8 Å². The topological polar surface area (TPSA) is 103 Å². The van der Waals surface area contributed by atoms with Gasteiger partial charge in [-0.25, -0.2) is 0 Å². The smallest absolute Gasteiger partial charge is 2.00 e.